The van der Waals surface area contributed by atoms with Crippen molar-refractivity contribution in [1.82, 2.24) is 4.98 Å². The summed E-state index contributed by atoms with van der Waals surface area (Å²) in [5.41, 5.74) is 8.51. The van der Waals surface area contributed by atoms with Gasteiger partial charge in [-0.1, -0.05) is 30.3 Å². The topological polar surface area (TPSA) is 52.0 Å². The minimum atomic E-state index is 0.517. The van der Waals surface area contributed by atoms with Gasteiger partial charge in [0.15, 0.2) is 5.58 Å². The maximum absolute atomic E-state index is 5.72. The molecule has 0 spiro atoms. The quantitative estimate of drug-likeness (QED) is 0.780. The largest absolute Gasteiger partial charge is 0.431 e. The van der Waals surface area contributed by atoms with Gasteiger partial charge >= 0.3 is 0 Å². The Labute approximate surface area is 109 Å². The van der Waals surface area contributed by atoms with Gasteiger partial charge in [-0.05, 0) is 35.5 Å². The summed E-state index contributed by atoms with van der Waals surface area (Å²) in [6, 6.07) is 15.8. The third kappa shape index (κ3) is 2.12. The minimum absolute atomic E-state index is 0.517. The van der Waals surface area contributed by atoms with Crippen LogP contribution in [0.15, 0.2) is 63.1 Å². The second-order valence-electron chi connectivity index (χ2n) is 3.86. The highest BCUT2D eigenvalue weighted by molar-refractivity contribution is 7.99. The van der Waals surface area contributed by atoms with E-state index in [2.05, 4.69) is 4.98 Å². The Morgan fingerprint density at radius 2 is 1.83 bits per heavy atom. The second kappa shape index (κ2) is 4.84. The second-order valence-corrected chi connectivity index (χ2v) is 4.85. The Hall–Kier alpha value is -1.78. The number of hydrogen-bond donors (Lipinski definition) is 1. The first-order chi connectivity index (χ1) is 8.86. The first-order valence-electron chi connectivity index (χ1n) is 5.68. The van der Waals surface area contributed by atoms with Crippen molar-refractivity contribution in [3.63, 3.8) is 0 Å². The van der Waals surface area contributed by atoms with Crippen molar-refractivity contribution in [1.29, 1.82) is 0 Å². The van der Waals surface area contributed by atoms with Gasteiger partial charge in [-0.15, -0.1) is 0 Å². The predicted molar refractivity (Wildman–Crippen MR) is 72.5 cm³/mol. The lowest BCUT2D eigenvalue weighted by Crippen LogP contribution is -1.97. The van der Waals surface area contributed by atoms with E-state index in [0.717, 1.165) is 21.6 Å². The van der Waals surface area contributed by atoms with E-state index >= 15 is 0 Å². The standard InChI is InChI=1S/C14H12N2OS/c15-9-10-5-1-4-8-13(10)18-14-16-11-6-2-3-7-12(11)17-14/h1-8H,9,15H2. The fraction of sp³-hybridized carbons (Fsp3) is 0.0714. The molecule has 0 unspecified atom stereocenters. The van der Waals surface area contributed by atoms with Crippen LogP contribution < -0.4 is 5.73 Å². The molecule has 0 saturated carbocycles. The molecular weight excluding hydrogens is 244 g/mol. The number of nitrogens with zero attached hydrogens (tertiary/aromatic N) is 1. The normalized spacial score (nSPS) is 10.9. The Kier molecular flexibility index (Phi) is 3.04. The van der Waals surface area contributed by atoms with Crippen LogP contribution in [0.25, 0.3) is 11.1 Å². The predicted octanol–water partition coefficient (Wildman–Crippen LogP) is 3.44. The molecule has 4 heteroatoms. The number of benzene rings is 2. The fourth-order valence-corrected chi connectivity index (χ4v) is 2.65. The molecule has 1 aromatic heterocycles. The van der Waals surface area contributed by atoms with E-state index in [4.69, 9.17) is 10.2 Å². The summed E-state index contributed by atoms with van der Waals surface area (Å²) in [7, 11) is 0. The number of hydrogen-bond acceptors (Lipinski definition) is 4. The number of nitrogens with two attached hydrogens (primary N) is 1. The van der Waals surface area contributed by atoms with Crippen molar-refractivity contribution in [3.05, 3.63) is 54.1 Å². The van der Waals surface area contributed by atoms with Crippen molar-refractivity contribution < 1.29 is 4.42 Å². The molecule has 3 rings (SSSR count). The van der Waals surface area contributed by atoms with Gasteiger partial charge in [0.1, 0.15) is 5.52 Å². The molecule has 90 valence electrons. The lowest BCUT2D eigenvalue weighted by atomic mass is 10.2. The van der Waals surface area contributed by atoms with E-state index in [0.29, 0.717) is 11.8 Å². The van der Waals surface area contributed by atoms with Gasteiger partial charge in [0.2, 0.25) is 0 Å². The van der Waals surface area contributed by atoms with Gasteiger partial charge < -0.3 is 10.2 Å². The number of aromatic nitrogens is 1. The Bertz CT molecular complexity index is 645. The molecule has 3 nitrogen and oxygen atoms in total. The molecule has 2 N–H and O–H groups in total. The molecule has 0 aliphatic heterocycles. The van der Waals surface area contributed by atoms with E-state index in [1.54, 1.807) is 0 Å². The first-order valence-corrected chi connectivity index (χ1v) is 6.50. The molecule has 3 aromatic rings. The van der Waals surface area contributed by atoms with Crippen LogP contribution in [-0.4, -0.2) is 4.98 Å². The van der Waals surface area contributed by atoms with Crippen LogP contribution in [0.1, 0.15) is 5.56 Å². The van der Waals surface area contributed by atoms with Crippen molar-refractivity contribution in [2.45, 2.75) is 16.7 Å². The molecule has 0 aliphatic rings. The van der Waals surface area contributed by atoms with E-state index in [1.165, 1.54) is 11.8 Å². The minimum Gasteiger partial charge on any atom is -0.431 e. The molecule has 0 amide bonds. The monoisotopic (exact) mass is 256 g/mol. The van der Waals surface area contributed by atoms with Crippen LogP contribution in [0.3, 0.4) is 0 Å². The van der Waals surface area contributed by atoms with Gasteiger partial charge in [0, 0.05) is 11.4 Å². The van der Waals surface area contributed by atoms with Gasteiger partial charge in [0.25, 0.3) is 5.22 Å². The fourth-order valence-electron chi connectivity index (χ4n) is 1.76. The van der Waals surface area contributed by atoms with Crippen LogP contribution in [0.4, 0.5) is 0 Å². The molecule has 0 bridgehead atoms. The van der Waals surface area contributed by atoms with E-state index < -0.39 is 0 Å². The molecule has 1 heterocycles. The number of para-hydroxylation sites is 2. The average molecular weight is 256 g/mol. The van der Waals surface area contributed by atoms with Gasteiger partial charge in [0.05, 0.1) is 0 Å². The highest BCUT2D eigenvalue weighted by atomic mass is 32.2. The maximum Gasteiger partial charge on any atom is 0.261 e. The summed E-state index contributed by atoms with van der Waals surface area (Å²) in [5, 5.41) is 0.650. The maximum atomic E-state index is 5.72. The summed E-state index contributed by atoms with van der Waals surface area (Å²) >= 11 is 1.51. The van der Waals surface area contributed by atoms with Crippen molar-refractivity contribution in [2.75, 3.05) is 0 Å². The molecule has 0 saturated heterocycles. The van der Waals surface area contributed by atoms with Crippen molar-refractivity contribution >= 4 is 22.9 Å². The van der Waals surface area contributed by atoms with E-state index in [1.807, 2.05) is 48.5 Å². The third-order valence-corrected chi connectivity index (χ3v) is 3.63. The lowest BCUT2D eigenvalue weighted by Gasteiger charge is -2.03. The third-order valence-electron chi connectivity index (χ3n) is 2.66. The zero-order valence-corrected chi connectivity index (χ0v) is 10.5. The molecule has 18 heavy (non-hydrogen) atoms. The Morgan fingerprint density at radius 1 is 1.06 bits per heavy atom. The molecule has 0 atom stereocenters. The number of oxazole rings is 1. The summed E-state index contributed by atoms with van der Waals surface area (Å²) in [4.78, 5) is 5.53. The van der Waals surface area contributed by atoms with Crippen molar-refractivity contribution in [3.8, 4) is 0 Å². The molecule has 2 aromatic carbocycles. The van der Waals surface area contributed by atoms with E-state index in [9.17, 15) is 0 Å². The summed E-state index contributed by atoms with van der Waals surface area (Å²) in [6.07, 6.45) is 0. The van der Waals surface area contributed by atoms with Crippen LogP contribution in [0, 0.1) is 0 Å². The number of fused-ring (bicyclic) bond motifs is 1. The van der Waals surface area contributed by atoms with Crippen LogP contribution in [0.5, 0.6) is 0 Å². The zero-order chi connectivity index (χ0) is 12.4. The highest BCUT2D eigenvalue weighted by Gasteiger charge is 2.09. The SMILES string of the molecule is NCc1ccccc1Sc1nc2ccccc2o1. The van der Waals surface area contributed by atoms with Crippen LogP contribution in [-0.2, 0) is 6.54 Å². The summed E-state index contributed by atoms with van der Waals surface area (Å²) < 4.78 is 5.68. The Morgan fingerprint density at radius 3 is 2.67 bits per heavy atom. The first kappa shape index (κ1) is 11.3. The smallest absolute Gasteiger partial charge is 0.261 e. The van der Waals surface area contributed by atoms with Gasteiger partial charge in [-0.25, -0.2) is 4.98 Å². The summed E-state index contributed by atoms with van der Waals surface area (Å²) in [5.74, 6) is 0. The van der Waals surface area contributed by atoms with E-state index in [-0.39, 0.29) is 0 Å². The molecule has 0 fully saturated rings. The summed E-state index contributed by atoms with van der Waals surface area (Å²) in [6.45, 7) is 0.517. The van der Waals surface area contributed by atoms with Gasteiger partial charge in [-0.2, -0.15) is 0 Å². The number of rotatable bonds is 3. The average Bonchev–Trinajstić information content (AvgIpc) is 2.81. The highest BCUT2D eigenvalue weighted by Crippen LogP contribution is 2.31. The lowest BCUT2D eigenvalue weighted by molar-refractivity contribution is 0.489. The molecule has 0 radical (unpaired) electrons. The molecular formula is C14H12N2OS. The van der Waals surface area contributed by atoms with Crippen molar-refractivity contribution in [2.24, 2.45) is 5.73 Å². The van der Waals surface area contributed by atoms with Crippen LogP contribution in [0.2, 0.25) is 0 Å². The van der Waals surface area contributed by atoms with Gasteiger partial charge in [-0.3, -0.25) is 0 Å². The zero-order valence-electron chi connectivity index (χ0n) is 9.67. The Balaban J connectivity index is 1.96. The molecule has 0 aliphatic carbocycles. The van der Waals surface area contributed by atoms with Crippen LogP contribution >= 0.6 is 11.8 Å².